The minimum absolute atomic E-state index is 0.439. The minimum Gasteiger partial charge on any atom is -0.493 e. The van der Waals surface area contributed by atoms with Crippen LogP contribution in [0.2, 0.25) is 0 Å². The van der Waals surface area contributed by atoms with Gasteiger partial charge in [-0.2, -0.15) is 5.10 Å². The fourth-order valence-electron chi connectivity index (χ4n) is 3.07. The number of ether oxygens (including phenoxy) is 2. The standard InChI is InChI=1S/C18H24N4O2/c1-23-16-8-7-14(11-17(16)24-2)12-19-15-5-4-10-22(13-15)18-6-3-9-20-21-18/h3,6-9,11,15,19H,4-5,10,12-13H2,1-2H3. The Morgan fingerprint density at radius 3 is 2.83 bits per heavy atom. The molecule has 1 aliphatic rings. The molecule has 128 valence electrons. The van der Waals surface area contributed by atoms with Crippen LogP contribution in [0.25, 0.3) is 0 Å². The van der Waals surface area contributed by atoms with E-state index in [1.807, 2.05) is 24.3 Å². The highest BCUT2D eigenvalue weighted by Gasteiger charge is 2.20. The van der Waals surface area contributed by atoms with Gasteiger partial charge < -0.3 is 19.7 Å². The van der Waals surface area contributed by atoms with Crippen LogP contribution in [0.1, 0.15) is 18.4 Å². The Kier molecular flexibility index (Phi) is 5.48. The molecule has 6 heteroatoms. The van der Waals surface area contributed by atoms with Gasteiger partial charge in [-0.25, -0.2) is 0 Å². The van der Waals surface area contributed by atoms with Crippen LogP contribution < -0.4 is 19.7 Å². The number of aromatic nitrogens is 2. The topological polar surface area (TPSA) is 59.5 Å². The minimum atomic E-state index is 0.439. The normalized spacial score (nSPS) is 17.6. The zero-order valence-corrected chi connectivity index (χ0v) is 14.2. The smallest absolute Gasteiger partial charge is 0.161 e. The summed E-state index contributed by atoms with van der Waals surface area (Å²) in [5.74, 6) is 2.48. The van der Waals surface area contributed by atoms with Gasteiger partial charge in [0.2, 0.25) is 0 Å². The molecule has 1 aliphatic heterocycles. The molecule has 0 radical (unpaired) electrons. The Balaban J connectivity index is 1.58. The van der Waals surface area contributed by atoms with Gasteiger partial charge in [-0.05, 0) is 42.7 Å². The summed E-state index contributed by atoms with van der Waals surface area (Å²) in [5.41, 5.74) is 1.18. The molecule has 1 saturated heterocycles. The van der Waals surface area contributed by atoms with Crippen molar-refractivity contribution in [3.05, 3.63) is 42.1 Å². The third kappa shape index (κ3) is 3.94. The first kappa shape index (κ1) is 16.5. The molecule has 1 aromatic carbocycles. The lowest BCUT2D eigenvalue weighted by Crippen LogP contribution is -2.45. The van der Waals surface area contributed by atoms with E-state index in [1.54, 1.807) is 20.4 Å². The van der Waals surface area contributed by atoms with E-state index in [-0.39, 0.29) is 0 Å². The number of nitrogens with one attached hydrogen (secondary N) is 1. The van der Waals surface area contributed by atoms with Crippen molar-refractivity contribution in [2.75, 3.05) is 32.2 Å². The van der Waals surface area contributed by atoms with Crippen molar-refractivity contribution in [1.82, 2.24) is 15.5 Å². The van der Waals surface area contributed by atoms with E-state index in [0.717, 1.165) is 43.4 Å². The zero-order valence-electron chi connectivity index (χ0n) is 14.2. The molecular weight excluding hydrogens is 304 g/mol. The third-order valence-electron chi connectivity index (χ3n) is 4.35. The number of piperidine rings is 1. The van der Waals surface area contributed by atoms with Gasteiger partial charge >= 0.3 is 0 Å². The lowest BCUT2D eigenvalue weighted by Gasteiger charge is -2.33. The second-order valence-electron chi connectivity index (χ2n) is 5.94. The maximum atomic E-state index is 5.37. The molecule has 1 fully saturated rings. The summed E-state index contributed by atoms with van der Waals surface area (Å²) < 4.78 is 10.7. The average molecular weight is 328 g/mol. The number of nitrogens with zero attached hydrogens (tertiary/aromatic N) is 3. The van der Waals surface area contributed by atoms with E-state index >= 15 is 0 Å². The highest BCUT2D eigenvalue weighted by atomic mass is 16.5. The average Bonchev–Trinajstić information content (AvgIpc) is 2.67. The second kappa shape index (κ2) is 7.97. The Bertz CT molecular complexity index is 651. The molecular formula is C18H24N4O2. The molecule has 0 spiro atoms. The van der Waals surface area contributed by atoms with E-state index < -0.39 is 0 Å². The van der Waals surface area contributed by atoms with Crippen LogP contribution in [-0.4, -0.2) is 43.5 Å². The summed E-state index contributed by atoms with van der Waals surface area (Å²) >= 11 is 0. The summed E-state index contributed by atoms with van der Waals surface area (Å²) in [7, 11) is 3.31. The quantitative estimate of drug-likeness (QED) is 0.878. The van der Waals surface area contributed by atoms with Gasteiger partial charge in [0.05, 0.1) is 14.2 Å². The molecule has 0 saturated carbocycles. The van der Waals surface area contributed by atoms with Crippen LogP contribution >= 0.6 is 0 Å². The van der Waals surface area contributed by atoms with Crippen LogP contribution in [0.5, 0.6) is 11.5 Å². The summed E-state index contributed by atoms with van der Waals surface area (Å²) in [5, 5.41) is 11.8. The van der Waals surface area contributed by atoms with Gasteiger partial charge in [0.1, 0.15) is 0 Å². The van der Waals surface area contributed by atoms with Crippen molar-refractivity contribution in [2.45, 2.75) is 25.4 Å². The molecule has 0 aliphatic carbocycles. The van der Waals surface area contributed by atoms with Crippen LogP contribution in [0.3, 0.4) is 0 Å². The van der Waals surface area contributed by atoms with E-state index in [4.69, 9.17) is 9.47 Å². The largest absolute Gasteiger partial charge is 0.493 e. The molecule has 1 N–H and O–H groups in total. The van der Waals surface area contributed by atoms with E-state index in [2.05, 4.69) is 26.5 Å². The Hall–Kier alpha value is -2.34. The summed E-state index contributed by atoms with van der Waals surface area (Å²) in [6, 6.07) is 10.4. The van der Waals surface area contributed by atoms with Gasteiger partial charge in [0.25, 0.3) is 0 Å². The molecule has 0 amide bonds. The molecule has 3 rings (SSSR count). The molecule has 0 bridgehead atoms. The van der Waals surface area contributed by atoms with Crippen molar-refractivity contribution in [3.8, 4) is 11.5 Å². The van der Waals surface area contributed by atoms with Crippen molar-refractivity contribution in [3.63, 3.8) is 0 Å². The van der Waals surface area contributed by atoms with Crippen molar-refractivity contribution in [1.29, 1.82) is 0 Å². The first-order valence-electron chi connectivity index (χ1n) is 8.27. The van der Waals surface area contributed by atoms with Crippen molar-refractivity contribution >= 4 is 5.82 Å². The maximum Gasteiger partial charge on any atom is 0.161 e. The molecule has 1 atom stereocenters. The third-order valence-corrected chi connectivity index (χ3v) is 4.35. The number of methoxy groups -OCH3 is 2. The van der Waals surface area contributed by atoms with Crippen molar-refractivity contribution in [2.24, 2.45) is 0 Å². The molecule has 6 nitrogen and oxygen atoms in total. The lowest BCUT2D eigenvalue weighted by molar-refractivity contribution is 0.354. The van der Waals surface area contributed by atoms with Gasteiger partial charge in [-0.3, -0.25) is 0 Å². The number of rotatable bonds is 6. The Labute approximate surface area is 142 Å². The SMILES string of the molecule is COc1ccc(CNC2CCCN(c3cccnn3)C2)cc1OC. The highest BCUT2D eigenvalue weighted by molar-refractivity contribution is 5.43. The van der Waals surface area contributed by atoms with Gasteiger partial charge in [0, 0.05) is 31.9 Å². The number of benzene rings is 1. The van der Waals surface area contributed by atoms with Gasteiger partial charge in [-0.15, -0.1) is 5.10 Å². The predicted octanol–water partition coefficient (Wildman–Crippen LogP) is 2.25. The highest BCUT2D eigenvalue weighted by Crippen LogP contribution is 2.27. The summed E-state index contributed by atoms with van der Waals surface area (Å²) in [6.07, 6.45) is 4.03. The Morgan fingerprint density at radius 2 is 2.08 bits per heavy atom. The molecule has 1 aromatic heterocycles. The summed E-state index contributed by atoms with van der Waals surface area (Å²) in [6.45, 7) is 2.79. The van der Waals surface area contributed by atoms with Crippen LogP contribution in [0.4, 0.5) is 5.82 Å². The molecule has 2 heterocycles. The van der Waals surface area contributed by atoms with Crippen LogP contribution in [-0.2, 0) is 6.54 Å². The van der Waals surface area contributed by atoms with Gasteiger partial charge in [0.15, 0.2) is 17.3 Å². The fourth-order valence-corrected chi connectivity index (χ4v) is 3.07. The first-order chi connectivity index (χ1) is 11.8. The van der Waals surface area contributed by atoms with Crippen LogP contribution in [0, 0.1) is 0 Å². The number of hydrogen-bond acceptors (Lipinski definition) is 6. The maximum absolute atomic E-state index is 5.37. The zero-order chi connectivity index (χ0) is 16.8. The van der Waals surface area contributed by atoms with Gasteiger partial charge in [-0.1, -0.05) is 6.07 Å². The first-order valence-corrected chi connectivity index (χ1v) is 8.27. The molecule has 2 aromatic rings. The predicted molar refractivity (Wildman–Crippen MR) is 93.7 cm³/mol. The van der Waals surface area contributed by atoms with E-state index in [0.29, 0.717) is 6.04 Å². The van der Waals surface area contributed by atoms with E-state index in [9.17, 15) is 0 Å². The van der Waals surface area contributed by atoms with Crippen LogP contribution in [0.15, 0.2) is 36.5 Å². The number of anilines is 1. The lowest BCUT2D eigenvalue weighted by atomic mass is 10.1. The fraction of sp³-hybridized carbons (Fsp3) is 0.444. The Morgan fingerprint density at radius 1 is 1.21 bits per heavy atom. The molecule has 1 unspecified atom stereocenters. The monoisotopic (exact) mass is 328 g/mol. The van der Waals surface area contributed by atoms with Crippen molar-refractivity contribution < 1.29 is 9.47 Å². The van der Waals surface area contributed by atoms with E-state index in [1.165, 1.54) is 12.0 Å². The molecule has 24 heavy (non-hydrogen) atoms. The second-order valence-corrected chi connectivity index (χ2v) is 5.94. The number of hydrogen-bond donors (Lipinski definition) is 1. The summed E-state index contributed by atoms with van der Waals surface area (Å²) in [4.78, 5) is 2.29.